The Balaban J connectivity index is 0.000000983. The number of nitrogens with two attached hydrogens (primary N) is 1. The fourth-order valence-corrected chi connectivity index (χ4v) is 3.41. The number of H-pyrrole nitrogens is 1. The predicted octanol–water partition coefficient (Wildman–Crippen LogP) is 2.47. The van der Waals surface area contributed by atoms with Gasteiger partial charge in [-0.25, -0.2) is 19.2 Å². The molecule has 2 heterocycles. The van der Waals surface area contributed by atoms with Crippen LogP contribution in [0.25, 0.3) is 5.95 Å². The highest BCUT2D eigenvalue weighted by molar-refractivity contribution is 5.95. The maximum absolute atomic E-state index is 15.3. The van der Waals surface area contributed by atoms with E-state index in [4.69, 9.17) is 30.5 Å². The maximum Gasteiger partial charge on any atom is 0.350 e. The molecule has 0 aliphatic rings. The molecule has 1 atom stereocenters. The van der Waals surface area contributed by atoms with E-state index in [-0.39, 0.29) is 28.9 Å². The molecule has 39 heavy (non-hydrogen) atoms. The van der Waals surface area contributed by atoms with Gasteiger partial charge in [-0.05, 0) is 43.3 Å². The minimum Gasteiger partial charge on any atom is -0.493 e. The Bertz CT molecular complexity index is 1480. The van der Waals surface area contributed by atoms with Crippen LogP contribution in [0.4, 0.5) is 10.1 Å². The highest BCUT2D eigenvalue weighted by Crippen LogP contribution is 2.35. The number of aromatic amines is 1. The quantitative estimate of drug-likeness (QED) is 0.156. The number of anilines is 1. The number of carbonyl (C=O) groups is 1. The lowest BCUT2D eigenvalue weighted by Crippen LogP contribution is -2.18. The second kappa shape index (κ2) is 12.8. The number of carboxylic acids is 1. The molecule has 0 aliphatic heterocycles. The van der Waals surface area contributed by atoms with Gasteiger partial charge in [-0.15, -0.1) is 9.78 Å². The SMILES string of the molecule is CC(=O)O.CCOc1cc([C@H](Nc2ccc(C(=N)N)cc2)c2nn(-c3ncccn3)c(=O)[nH]2)c(F)cc1OC. The molecule has 0 aliphatic carbocycles. The first kappa shape index (κ1) is 28.3. The molecule has 0 radical (unpaired) electrons. The van der Waals surface area contributed by atoms with Gasteiger partial charge in [-0.1, -0.05) is 0 Å². The molecule has 14 heteroatoms. The molecule has 2 aromatic heterocycles. The van der Waals surface area contributed by atoms with Crippen LogP contribution in [0.3, 0.4) is 0 Å². The van der Waals surface area contributed by atoms with Crippen molar-refractivity contribution in [2.45, 2.75) is 19.9 Å². The summed E-state index contributed by atoms with van der Waals surface area (Å²) < 4.78 is 27.2. The molecule has 204 valence electrons. The fraction of sp³-hybridized carbons (Fsp3) is 0.200. The Morgan fingerprint density at radius 2 is 1.87 bits per heavy atom. The van der Waals surface area contributed by atoms with Gasteiger partial charge >= 0.3 is 5.69 Å². The first-order valence-corrected chi connectivity index (χ1v) is 11.5. The number of hydrogen-bond donors (Lipinski definition) is 5. The minimum atomic E-state index is -0.944. The Kier molecular flexibility index (Phi) is 9.29. The van der Waals surface area contributed by atoms with Crippen LogP contribution in [0, 0.1) is 11.2 Å². The summed E-state index contributed by atoms with van der Waals surface area (Å²) in [4.78, 5) is 32.4. The van der Waals surface area contributed by atoms with Crippen molar-refractivity contribution in [3.05, 3.63) is 88.1 Å². The molecule has 0 saturated heterocycles. The number of aromatic nitrogens is 5. The highest BCUT2D eigenvalue weighted by Gasteiger charge is 2.26. The van der Waals surface area contributed by atoms with Crippen LogP contribution in [0.2, 0.25) is 0 Å². The largest absolute Gasteiger partial charge is 0.493 e. The molecular formula is C25H27FN8O5. The van der Waals surface area contributed by atoms with Crippen LogP contribution < -0.4 is 26.2 Å². The van der Waals surface area contributed by atoms with Crippen LogP contribution in [0.5, 0.6) is 11.5 Å². The topological polar surface area (TPSA) is 194 Å². The lowest BCUT2D eigenvalue weighted by Gasteiger charge is -2.21. The molecule has 0 amide bonds. The van der Waals surface area contributed by atoms with Gasteiger partial charge in [-0.3, -0.25) is 15.2 Å². The van der Waals surface area contributed by atoms with Crippen molar-refractivity contribution < 1.29 is 23.8 Å². The average Bonchev–Trinajstić information content (AvgIpc) is 3.30. The predicted molar refractivity (Wildman–Crippen MR) is 140 cm³/mol. The van der Waals surface area contributed by atoms with Gasteiger partial charge in [0.05, 0.1) is 13.7 Å². The lowest BCUT2D eigenvalue weighted by atomic mass is 10.0. The van der Waals surface area contributed by atoms with E-state index >= 15 is 4.39 Å². The Morgan fingerprint density at radius 1 is 1.23 bits per heavy atom. The van der Waals surface area contributed by atoms with Crippen LogP contribution in [-0.2, 0) is 4.79 Å². The molecule has 2 aromatic carbocycles. The van der Waals surface area contributed by atoms with E-state index in [2.05, 4.69) is 25.4 Å². The van der Waals surface area contributed by atoms with Crippen molar-refractivity contribution in [2.75, 3.05) is 19.0 Å². The van der Waals surface area contributed by atoms with E-state index < -0.39 is 23.5 Å². The third-order valence-electron chi connectivity index (χ3n) is 5.05. The number of rotatable bonds is 9. The van der Waals surface area contributed by atoms with E-state index in [1.54, 1.807) is 37.3 Å². The zero-order valence-corrected chi connectivity index (χ0v) is 21.3. The highest BCUT2D eigenvalue weighted by atomic mass is 19.1. The number of carboxylic acid groups (broad SMARTS) is 1. The van der Waals surface area contributed by atoms with Crippen LogP contribution >= 0.6 is 0 Å². The number of amidine groups is 1. The van der Waals surface area contributed by atoms with Gasteiger partial charge in [0.1, 0.15) is 17.7 Å². The van der Waals surface area contributed by atoms with Crippen LogP contribution in [-0.4, -0.2) is 55.4 Å². The molecule has 4 aromatic rings. The second-order valence-electron chi connectivity index (χ2n) is 7.82. The van der Waals surface area contributed by atoms with E-state index in [9.17, 15) is 4.79 Å². The summed E-state index contributed by atoms with van der Waals surface area (Å²) in [6.07, 6.45) is 2.96. The summed E-state index contributed by atoms with van der Waals surface area (Å²) >= 11 is 0. The first-order valence-electron chi connectivity index (χ1n) is 11.5. The molecule has 4 rings (SSSR count). The number of methoxy groups -OCH3 is 1. The zero-order chi connectivity index (χ0) is 28.5. The van der Waals surface area contributed by atoms with Gasteiger partial charge < -0.3 is 25.6 Å². The third kappa shape index (κ3) is 7.15. The zero-order valence-electron chi connectivity index (χ0n) is 21.3. The average molecular weight is 539 g/mol. The fourth-order valence-electron chi connectivity index (χ4n) is 3.41. The van der Waals surface area contributed by atoms with E-state index in [0.29, 0.717) is 23.6 Å². The molecule has 0 fully saturated rings. The van der Waals surface area contributed by atoms with E-state index in [1.165, 1.54) is 31.6 Å². The lowest BCUT2D eigenvalue weighted by molar-refractivity contribution is -0.134. The van der Waals surface area contributed by atoms with E-state index in [1.807, 2.05) is 0 Å². The van der Waals surface area contributed by atoms with Crippen molar-refractivity contribution >= 4 is 17.5 Å². The molecule has 6 N–H and O–H groups in total. The summed E-state index contributed by atoms with van der Waals surface area (Å²) in [6, 6.07) is 10.0. The molecule has 0 saturated carbocycles. The molecule has 13 nitrogen and oxygen atoms in total. The van der Waals surface area contributed by atoms with Crippen molar-refractivity contribution in [3.8, 4) is 17.4 Å². The summed E-state index contributed by atoms with van der Waals surface area (Å²) in [7, 11) is 1.42. The van der Waals surface area contributed by atoms with Gasteiger partial charge in [0.25, 0.3) is 11.9 Å². The van der Waals surface area contributed by atoms with Crippen molar-refractivity contribution in [1.82, 2.24) is 24.7 Å². The number of nitrogens with one attached hydrogen (secondary N) is 3. The normalized spacial score (nSPS) is 11.1. The van der Waals surface area contributed by atoms with Crippen LogP contribution in [0.1, 0.15) is 36.8 Å². The maximum atomic E-state index is 15.3. The summed E-state index contributed by atoms with van der Waals surface area (Å²) in [6.45, 7) is 3.22. The molecule has 0 spiro atoms. The second-order valence-corrected chi connectivity index (χ2v) is 7.82. The number of hydrogen-bond acceptors (Lipinski definition) is 9. The number of aliphatic carboxylic acids is 1. The van der Waals surface area contributed by atoms with Crippen molar-refractivity contribution in [3.63, 3.8) is 0 Å². The van der Waals surface area contributed by atoms with Gasteiger partial charge in [0, 0.05) is 42.2 Å². The number of halogens is 1. The molecular weight excluding hydrogens is 511 g/mol. The summed E-state index contributed by atoms with van der Waals surface area (Å²) in [5.41, 5.74) is 6.19. The Hall–Kier alpha value is -5.27. The summed E-state index contributed by atoms with van der Waals surface area (Å²) in [5.74, 6) is -0.775. The standard InChI is InChI=1S/C23H23FN8O3.C2H4O2/c1-3-35-18-11-15(16(24)12-17(18)34-2)19(29-14-7-5-13(6-8-14)20(25)26)21-30-23(33)32(31-21)22-27-9-4-10-28-22;1-2(3)4/h4-12,19,29H,3H2,1-2H3,(H3,25,26)(H,30,31,33);1H3,(H,3,4)/t19-;/m0./s1. The Morgan fingerprint density at radius 3 is 2.44 bits per heavy atom. The number of nitrogen functional groups attached to an aromatic ring is 1. The monoisotopic (exact) mass is 538 g/mol. The minimum absolute atomic E-state index is 0.0646. The van der Waals surface area contributed by atoms with Crippen molar-refractivity contribution in [1.29, 1.82) is 5.41 Å². The number of ether oxygens (including phenoxy) is 2. The summed E-state index contributed by atoms with van der Waals surface area (Å²) in [5, 5.41) is 22.5. The molecule has 0 bridgehead atoms. The number of benzene rings is 2. The first-order chi connectivity index (χ1) is 18.6. The van der Waals surface area contributed by atoms with Gasteiger partial charge in [-0.2, -0.15) is 0 Å². The van der Waals surface area contributed by atoms with E-state index in [0.717, 1.165) is 11.6 Å². The van der Waals surface area contributed by atoms with Gasteiger partial charge in [0.2, 0.25) is 0 Å². The third-order valence-corrected chi connectivity index (χ3v) is 5.05. The Labute approximate surface area is 222 Å². The van der Waals surface area contributed by atoms with Crippen LogP contribution in [0.15, 0.2) is 59.7 Å². The van der Waals surface area contributed by atoms with Crippen molar-refractivity contribution in [2.24, 2.45) is 5.73 Å². The number of nitrogens with zero attached hydrogens (tertiary/aromatic N) is 4. The molecule has 0 unspecified atom stereocenters. The van der Waals surface area contributed by atoms with Gasteiger partial charge in [0.15, 0.2) is 17.3 Å². The smallest absolute Gasteiger partial charge is 0.350 e.